The Morgan fingerprint density at radius 3 is 2.58 bits per heavy atom. The lowest BCUT2D eigenvalue weighted by Gasteiger charge is -2.03. The van der Waals surface area contributed by atoms with Gasteiger partial charge in [0.15, 0.2) is 4.34 Å². The van der Waals surface area contributed by atoms with Crippen molar-refractivity contribution >= 4 is 39.8 Å². The highest BCUT2D eigenvalue weighted by molar-refractivity contribution is 8.01. The first-order chi connectivity index (χ1) is 9.15. The van der Waals surface area contributed by atoms with Gasteiger partial charge in [-0.25, -0.2) is 0 Å². The van der Waals surface area contributed by atoms with Crippen LogP contribution in [-0.4, -0.2) is 30.0 Å². The van der Waals surface area contributed by atoms with Gasteiger partial charge in [0.05, 0.1) is 0 Å². The molecule has 0 saturated heterocycles. The molecular formula is C13H16ClN3S2. The van der Waals surface area contributed by atoms with E-state index in [1.807, 2.05) is 31.1 Å². The van der Waals surface area contributed by atoms with Gasteiger partial charge >= 0.3 is 0 Å². The second kappa shape index (κ2) is 7.12. The molecular weight excluding hydrogens is 298 g/mol. The molecule has 0 aliphatic carbocycles. The summed E-state index contributed by atoms with van der Waals surface area (Å²) in [5.74, 6) is 1.06. The second-order valence-corrected chi connectivity index (χ2v) is 7.06. The van der Waals surface area contributed by atoms with Gasteiger partial charge in [-0.3, -0.25) is 0 Å². The first-order valence-corrected chi connectivity index (χ1v) is 8.21. The van der Waals surface area contributed by atoms with Crippen molar-refractivity contribution in [3.05, 3.63) is 34.9 Å². The number of rotatable bonds is 6. The van der Waals surface area contributed by atoms with Gasteiger partial charge in [-0.1, -0.05) is 46.8 Å². The van der Waals surface area contributed by atoms with E-state index in [1.165, 1.54) is 5.56 Å². The Balaban J connectivity index is 1.72. The van der Waals surface area contributed by atoms with E-state index in [-0.39, 0.29) is 0 Å². The third-order valence-electron chi connectivity index (χ3n) is 2.53. The third kappa shape index (κ3) is 4.67. The summed E-state index contributed by atoms with van der Waals surface area (Å²) < 4.78 is 1.04. The lowest BCUT2D eigenvalue weighted by molar-refractivity contribution is 0.928. The molecule has 102 valence electrons. The maximum absolute atomic E-state index is 5.86. The van der Waals surface area contributed by atoms with Crippen LogP contribution in [0.3, 0.4) is 0 Å². The molecule has 19 heavy (non-hydrogen) atoms. The Hall–Kier alpha value is -0.780. The minimum absolute atomic E-state index is 0.795. The highest BCUT2D eigenvalue weighted by atomic mass is 35.5. The Labute approximate surface area is 127 Å². The zero-order chi connectivity index (χ0) is 13.7. The summed E-state index contributed by atoms with van der Waals surface area (Å²) in [5.41, 5.74) is 1.33. The van der Waals surface area contributed by atoms with Crippen molar-refractivity contribution in [2.75, 3.05) is 24.7 Å². The van der Waals surface area contributed by atoms with Crippen LogP contribution in [0.4, 0.5) is 5.13 Å². The van der Waals surface area contributed by atoms with Crippen LogP contribution in [0.15, 0.2) is 28.6 Å². The number of aromatic nitrogens is 2. The van der Waals surface area contributed by atoms with Crippen LogP contribution in [0.5, 0.6) is 0 Å². The fourth-order valence-corrected chi connectivity index (χ4v) is 3.43. The number of hydrogen-bond acceptors (Lipinski definition) is 5. The highest BCUT2D eigenvalue weighted by Gasteiger charge is 2.05. The maximum Gasteiger partial charge on any atom is 0.208 e. The topological polar surface area (TPSA) is 29.0 Å². The molecule has 2 aromatic rings. The van der Waals surface area contributed by atoms with Crippen LogP contribution in [0.1, 0.15) is 12.0 Å². The highest BCUT2D eigenvalue weighted by Crippen LogP contribution is 2.27. The van der Waals surface area contributed by atoms with E-state index < -0.39 is 0 Å². The van der Waals surface area contributed by atoms with Gasteiger partial charge < -0.3 is 4.90 Å². The number of thioether (sulfide) groups is 1. The molecule has 0 spiro atoms. The van der Waals surface area contributed by atoms with Crippen LogP contribution in [-0.2, 0) is 6.42 Å². The average molecular weight is 314 g/mol. The van der Waals surface area contributed by atoms with Gasteiger partial charge in [-0.05, 0) is 30.5 Å². The molecule has 6 heteroatoms. The summed E-state index contributed by atoms with van der Waals surface area (Å²) >= 11 is 9.27. The van der Waals surface area contributed by atoms with Crippen LogP contribution >= 0.6 is 34.7 Å². The number of aryl methyl sites for hydroxylation is 1. The van der Waals surface area contributed by atoms with E-state index in [0.29, 0.717) is 0 Å². The molecule has 0 aliphatic heterocycles. The standard InChI is InChI=1S/C13H16ClN3S2/c1-17(2)12-15-16-13(19-12)18-9-3-4-10-5-7-11(14)8-6-10/h5-8H,3-4,9H2,1-2H3. The lowest BCUT2D eigenvalue weighted by Crippen LogP contribution is -2.07. The SMILES string of the molecule is CN(C)c1nnc(SCCCc2ccc(Cl)cc2)s1. The fourth-order valence-electron chi connectivity index (χ4n) is 1.53. The summed E-state index contributed by atoms with van der Waals surface area (Å²) in [6.45, 7) is 0. The molecule has 1 aromatic heterocycles. The molecule has 0 amide bonds. The monoisotopic (exact) mass is 313 g/mol. The summed E-state index contributed by atoms with van der Waals surface area (Å²) in [6.07, 6.45) is 2.20. The van der Waals surface area contributed by atoms with Crippen molar-refractivity contribution in [3.8, 4) is 0 Å². The van der Waals surface area contributed by atoms with Crippen LogP contribution in [0.2, 0.25) is 5.02 Å². The van der Waals surface area contributed by atoms with Crippen molar-refractivity contribution in [2.45, 2.75) is 17.2 Å². The van der Waals surface area contributed by atoms with E-state index in [2.05, 4.69) is 22.3 Å². The zero-order valence-electron chi connectivity index (χ0n) is 11.0. The van der Waals surface area contributed by atoms with Gasteiger partial charge in [0.2, 0.25) is 5.13 Å². The molecule has 0 radical (unpaired) electrons. The molecule has 2 rings (SSSR count). The summed E-state index contributed by atoms with van der Waals surface area (Å²) in [4.78, 5) is 1.98. The Morgan fingerprint density at radius 2 is 1.95 bits per heavy atom. The molecule has 0 saturated carbocycles. The second-order valence-electron chi connectivity index (χ2n) is 4.32. The zero-order valence-corrected chi connectivity index (χ0v) is 13.4. The van der Waals surface area contributed by atoms with Gasteiger partial charge in [-0.15, -0.1) is 10.2 Å². The Bertz CT molecular complexity index is 511. The molecule has 1 aromatic carbocycles. The van der Waals surface area contributed by atoms with Crippen molar-refractivity contribution in [1.29, 1.82) is 0 Å². The van der Waals surface area contributed by atoms with Crippen molar-refractivity contribution in [1.82, 2.24) is 10.2 Å². The lowest BCUT2D eigenvalue weighted by atomic mass is 10.1. The van der Waals surface area contributed by atoms with E-state index >= 15 is 0 Å². The number of halogens is 1. The van der Waals surface area contributed by atoms with Crippen LogP contribution in [0.25, 0.3) is 0 Å². The molecule has 0 bridgehead atoms. The number of hydrogen-bond donors (Lipinski definition) is 0. The predicted molar refractivity (Wildman–Crippen MR) is 84.7 cm³/mol. The number of nitrogens with zero attached hydrogens (tertiary/aromatic N) is 3. The molecule has 0 N–H and O–H groups in total. The normalized spacial score (nSPS) is 10.7. The predicted octanol–water partition coefficient (Wildman–Crippen LogP) is 3.98. The van der Waals surface area contributed by atoms with Crippen molar-refractivity contribution in [2.24, 2.45) is 0 Å². The van der Waals surface area contributed by atoms with Gasteiger partial charge in [0, 0.05) is 24.9 Å². The Morgan fingerprint density at radius 1 is 1.21 bits per heavy atom. The maximum atomic E-state index is 5.86. The molecule has 0 fully saturated rings. The van der Waals surface area contributed by atoms with Crippen molar-refractivity contribution < 1.29 is 0 Å². The quantitative estimate of drug-likeness (QED) is 0.596. The average Bonchev–Trinajstić information content (AvgIpc) is 2.86. The van der Waals surface area contributed by atoms with E-state index in [4.69, 9.17) is 11.6 Å². The minimum atomic E-state index is 0.795. The first kappa shape index (κ1) is 14.6. The van der Waals surface area contributed by atoms with Crippen LogP contribution < -0.4 is 4.90 Å². The van der Waals surface area contributed by atoms with Crippen molar-refractivity contribution in [3.63, 3.8) is 0 Å². The molecule has 3 nitrogen and oxygen atoms in total. The fraction of sp³-hybridized carbons (Fsp3) is 0.385. The van der Waals surface area contributed by atoms with Gasteiger partial charge in [0.25, 0.3) is 0 Å². The van der Waals surface area contributed by atoms with E-state index in [9.17, 15) is 0 Å². The largest absolute Gasteiger partial charge is 0.353 e. The number of benzene rings is 1. The number of anilines is 1. The molecule has 1 heterocycles. The third-order valence-corrected chi connectivity index (χ3v) is 5.09. The molecule has 0 aliphatic rings. The van der Waals surface area contributed by atoms with E-state index in [0.717, 1.165) is 33.1 Å². The summed E-state index contributed by atoms with van der Waals surface area (Å²) in [5, 5.41) is 10.0. The van der Waals surface area contributed by atoms with E-state index in [1.54, 1.807) is 23.1 Å². The summed E-state index contributed by atoms with van der Waals surface area (Å²) in [7, 11) is 3.96. The summed E-state index contributed by atoms with van der Waals surface area (Å²) in [6, 6.07) is 8.06. The van der Waals surface area contributed by atoms with Crippen LogP contribution in [0, 0.1) is 0 Å². The minimum Gasteiger partial charge on any atom is -0.353 e. The Kier molecular flexibility index (Phi) is 5.48. The molecule has 0 unspecified atom stereocenters. The molecule has 0 atom stereocenters. The first-order valence-electron chi connectivity index (χ1n) is 6.03. The van der Waals surface area contributed by atoms with Gasteiger partial charge in [-0.2, -0.15) is 0 Å². The van der Waals surface area contributed by atoms with Gasteiger partial charge in [0.1, 0.15) is 0 Å². The smallest absolute Gasteiger partial charge is 0.208 e.